The van der Waals surface area contributed by atoms with Crippen LogP contribution in [0, 0.1) is 0 Å². The number of benzene rings is 2. The summed E-state index contributed by atoms with van der Waals surface area (Å²) in [5, 5.41) is 2.64. The molecule has 1 N–H and O–H groups in total. The van der Waals surface area contributed by atoms with Crippen LogP contribution in [-0.2, 0) is 20.9 Å². The zero-order chi connectivity index (χ0) is 19.6. The third kappa shape index (κ3) is 5.95. The van der Waals surface area contributed by atoms with Crippen molar-refractivity contribution in [3.05, 3.63) is 65.7 Å². The highest BCUT2D eigenvalue weighted by Crippen LogP contribution is 2.17. The molecule has 6 nitrogen and oxygen atoms in total. The lowest BCUT2D eigenvalue weighted by Crippen LogP contribution is -2.33. The molecule has 27 heavy (non-hydrogen) atoms. The lowest BCUT2D eigenvalue weighted by Gasteiger charge is -2.21. The largest absolute Gasteiger partial charge is 0.462 e. The Bertz CT molecular complexity index is 790. The van der Waals surface area contributed by atoms with Crippen LogP contribution in [-0.4, -0.2) is 35.8 Å². The monoisotopic (exact) mass is 368 g/mol. The quantitative estimate of drug-likeness (QED) is 0.573. The van der Waals surface area contributed by atoms with Crippen molar-refractivity contribution in [2.45, 2.75) is 26.8 Å². The predicted molar refractivity (Wildman–Crippen MR) is 103 cm³/mol. The number of hydrogen-bond acceptors (Lipinski definition) is 4. The molecule has 0 radical (unpaired) electrons. The summed E-state index contributed by atoms with van der Waals surface area (Å²) in [6.45, 7) is 4.77. The first-order valence-corrected chi connectivity index (χ1v) is 8.92. The average molecular weight is 368 g/mol. The Labute approximate surface area is 159 Å². The summed E-state index contributed by atoms with van der Waals surface area (Å²) in [4.78, 5) is 38.4. The molecule has 0 atom stereocenters. The number of amides is 2. The minimum absolute atomic E-state index is 0.241. The van der Waals surface area contributed by atoms with E-state index in [9.17, 15) is 14.4 Å². The van der Waals surface area contributed by atoms with E-state index < -0.39 is 11.9 Å². The Morgan fingerprint density at radius 2 is 1.63 bits per heavy atom. The first-order valence-electron chi connectivity index (χ1n) is 8.92. The zero-order valence-corrected chi connectivity index (χ0v) is 15.6. The van der Waals surface area contributed by atoms with E-state index in [4.69, 9.17) is 4.74 Å². The van der Waals surface area contributed by atoms with Crippen molar-refractivity contribution >= 4 is 23.5 Å². The molecule has 2 aromatic rings. The van der Waals surface area contributed by atoms with Crippen LogP contribution < -0.4 is 5.32 Å². The predicted octanol–water partition coefficient (Wildman–Crippen LogP) is 3.24. The molecular formula is C21H24N2O4. The van der Waals surface area contributed by atoms with Gasteiger partial charge in [0.25, 0.3) is 0 Å². The molecule has 0 spiro atoms. The molecule has 0 saturated heterocycles. The van der Waals surface area contributed by atoms with Crippen molar-refractivity contribution in [3.8, 4) is 0 Å². The van der Waals surface area contributed by atoms with Crippen molar-refractivity contribution in [2.24, 2.45) is 0 Å². The fourth-order valence-corrected chi connectivity index (χ4v) is 2.60. The van der Waals surface area contributed by atoms with Crippen molar-refractivity contribution in [1.29, 1.82) is 0 Å². The number of carbonyl (C=O) groups is 3. The maximum atomic E-state index is 12.5. The van der Waals surface area contributed by atoms with Crippen LogP contribution in [0.1, 0.15) is 36.2 Å². The summed E-state index contributed by atoms with van der Waals surface area (Å²) < 4.78 is 4.99. The molecule has 6 heteroatoms. The molecule has 0 bridgehead atoms. The first-order chi connectivity index (χ1) is 13.0. The minimum Gasteiger partial charge on any atom is -0.462 e. The average Bonchev–Trinajstić information content (AvgIpc) is 2.67. The molecule has 0 unspecified atom stereocenters. The summed E-state index contributed by atoms with van der Waals surface area (Å²) in [6, 6.07) is 16.2. The molecule has 2 rings (SSSR count). The smallest absolute Gasteiger partial charge is 0.340 e. The molecule has 0 aliphatic rings. The number of para-hydroxylation sites is 1. The number of hydrogen-bond donors (Lipinski definition) is 1. The van der Waals surface area contributed by atoms with Crippen molar-refractivity contribution in [3.63, 3.8) is 0 Å². The van der Waals surface area contributed by atoms with Crippen LogP contribution in [0.2, 0.25) is 0 Å². The van der Waals surface area contributed by atoms with Gasteiger partial charge in [-0.25, -0.2) is 4.79 Å². The third-order valence-corrected chi connectivity index (χ3v) is 3.96. The summed E-state index contributed by atoms with van der Waals surface area (Å²) in [5.74, 6) is -1.25. The maximum Gasteiger partial charge on any atom is 0.340 e. The number of anilines is 1. The molecule has 0 aliphatic carbocycles. The lowest BCUT2D eigenvalue weighted by molar-refractivity contribution is -0.134. The van der Waals surface area contributed by atoms with Crippen molar-refractivity contribution in [1.82, 2.24) is 4.90 Å². The van der Waals surface area contributed by atoms with Gasteiger partial charge in [-0.15, -0.1) is 0 Å². The van der Waals surface area contributed by atoms with E-state index in [2.05, 4.69) is 5.32 Å². The topological polar surface area (TPSA) is 75.7 Å². The Morgan fingerprint density at radius 1 is 0.963 bits per heavy atom. The van der Waals surface area contributed by atoms with Crippen LogP contribution in [0.25, 0.3) is 0 Å². The van der Waals surface area contributed by atoms with Gasteiger partial charge >= 0.3 is 5.97 Å². The minimum atomic E-state index is -0.515. The van der Waals surface area contributed by atoms with Crippen LogP contribution in [0.15, 0.2) is 54.6 Å². The molecule has 0 aromatic heterocycles. The summed E-state index contributed by atoms with van der Waals surface area (Å²) in [6.07, 6.45) is -0.294. The molecule has 0 aliphatic heterocycles. The summed E-state index contributed by atoms with van der Waals surface area (Å²) >= 11 is 0. The Hall–Kier alpha value is -3.15. The second kappa shape index (κ2) is 10.1. The van der Waals surface area contributed by atoms with E-state index in [1.165, 1.54) is 0 Å². The molecule has 2 amide bonds. The van der Waals surface area contributed by atoms with Gasteiger partial charge in [0, 0.05) is 13.1 Å². The van der Waals surface area contributed by atoms with Crippen molar-refractivity contribution in [2.75, 3.05) is 18.5 Å². The summed E-state index contributed by atoms with van der Waals surface area (Å²) in [7, 11) is 0. The Kier molecular flexibility index (Phi) is 7.55. The standard InChI is InChI=1S/C21H24N2O4/c1-3-23(15-16-10-6-5-7-11-16)20(25)14-19(24)22-18-13-9-8-12-17(18)21(26)27-4-2/h5-13H,3-4,14-15H2,1-2H3,(H,22,24). The van der Waals surface area contributed by atoms with Crippen molar-refractivity contribution < 1.29 is 19.1 Å². The van der Waals surface area contributed by atoms with Gasteiger partial charge in [0.2, 0.25) is 11.8 Å². The second-order valence-electron chi connectivity index (χ2n) is 5.88. The van der Waals surface area contributed by atoms with E-state index in [1.54, 1.807) is 36.1 Å². The van der Waals surface area contributed by atoms with Crippen LogP contribution in [0.5, 0.6) is 0 Å². The van der Waals surface area contributed by atoms with Gasteiger partial charge in [-0.1, -0.05) is 42.5 Å². The number of ether oxygens (including phenoxy) is 1. The molecule has 0 heterocycles. The van der Waals surface area contributed by atoms with E-state index in [0.717, 1.165) is 5.56 Å². The van der Waals surface area contributed by atoms with Gasteiger partial charge in [-0.05, 0) is 31.5 Å². The van der Waals surface area contributed by atoms with Gasteiger partial charge in [-0.3, -0.25) is 9.59 Å². The van der Waals surface area contributed by atoms with Gasteiger partial charge in [0.15, 0.2) is 0 Å². The highest BCUT2D eigenvalue weighted by atomic mass is 16.5. The molecule has 0 saturated carbocycles. The zero-order valence-electron chi connectivity index (χ0n) is 15.6. The number of carbonyl (C=O) groups excluding carboxylic acids is 3. The van der Waals surface area contributed by atoms with Gasteiger partial charge in [0.05, 0.1) is 17.9 Å². The lowest BCUT2D eigenvalue weighted by atomic mass is 10.1. The van der Waals surface area contributed by atoms with E-state index in [0.29, 0.717) is 18.8 Å². The van der Waals surface area contributed by atoms with E-state index >= 15 is 0 Å². The van der Waals surface area contributed by atoms with Crippen LogP contribution >= 0.6 is 0 Å². The van der Waals surface area contributed by atoms with E-state index in [-0.39, 0.29) is 24.5 Å². The molecule has 2 aromatic carbocycles. The van der Waals surface area contributed by atoms with Gasteiger partial charge < -0.3 is 15.0 Å². The van der Waals surface area contributed by atoms with Gasteiger partial charge in [0.1, 0.15) is 6.42 Å². The maximum absolute atomic E-state index is 12.5. The number of esters is 1. The number of rotatable bonds is 8. The van der Waals surface area contributed by atoms with Crippen LogP contribution in [0.4, 0.5) is 5.69 Å². The van der Waals surface area contributed by atoms with E-state index in [1.807, 2.05) is 37.3 Å². The normalized spacial score (nSPS) is 10.1. The highest BCUT2D eigenvalue weighted by molar-refractivity contribution is 6.06. The number of nitrogens with one attached hydrogen (secondary N) is 1. The SMILES string of the molecule is CCOC(=O)c1ccccc1NC(=O)CC(=O)N(CC)Cc1ccccc1. The highest BCUT2D eigenvalue weighted by Gasteiger charge is 2.19. The first kappa shape index (κ1) is 20.2. The second-order valence-corrected chi connectivity index (χ2v) is 5.88. The fraction of sp³-hybridized carbons (Fsp3) is 0.286. The Morgan fingerprint density at radius 3 is 2.30 bits per heavy atom. The van der Waals surface area contributed by atoms with Crippen LogP contribution in [0.3, 0.4) is 0 Å². The third-order valence-electron chi connectivity index (χ3n) is 3.96. The van der Waals surface area contributed by atoms with Gasteiger partial charge in [-0.2, -0.15) is 0 Å². The molecule has 0 fully saturated rings. The Balaban J connectivity index is 2.00. The number of nitrogens with zero attached hydrogens (tertiary/aromatic N) is 1. The molecular weight excluding hydrogens is 344 g/mol. The molecule has 142 valence electrons. The summed E-state index contributed by atoms with van der Waals surface area (Å²) in [5.41, 5.74) is 1.59. The fourth-order valence-electron chi connectivity index (χ4n) is 2.60.